The van der Waals surface area contributed by atoms with E-state index in [0.717, 1.165) is 44.9 Å². The maximum atomic E-state index is 13.5. The third kappa shape index (κ3) is 7.94. The minimum Gasteiger partial charge on any atom is -0.461 e. The van der Waals surface area contributed by atoms with Gasteiger partial charge in [-0.2, -0.15) is 0 Å². The molecule has 2 fully saturated rings. The van der Waals surface area contributed by atoms with Gasteiger partial charge in [0.1, 0.15) is 17.8 Å². The molecule has 0 aromatic carbocycles. The van der Waals surface area contributed by atoms with Gasteiger partial charge >= 0.3 is 11.9 Å². The summed E-state index contributed by atoms with van der Waals surface area (Å²) in [4.78, 5) is 39.5. The van der Waals surface area contributed by atoms with Crippen LogP contribution in [0.25, 0.3) is 0 Å². The number of unbranched alkanes of at least 4 members (excludes halogenated alkanes) is 8. The van der Waals surface area contributed by atoms with Gasteiger partial charge in [-0.05, 0) is 70.4 Å². The number of hydrogen-bond acceptors (Lipinski definition) is 8. The Morgan fingerprint density at radius 2 is 1.59 bits per heavy atom. The van der Waals surface area contributed by atoms with Crippen LogP contribution in [-0.2, 0) is 23.9 Å². The molecule has 8 unspecified atom stereocenters. The second kappa shape index (κ2) is 16.9. The molecule has 8 heteroatoms. The van der Waals surface area contributed by atoms with Crippen LogP contribution in [0.3, 0.4) is 0 Å². The van der Waals surface area contributed by atoms with Gasteiger partial charge in [-0.25, -0.2) is 4.79 Å². The summed E-state index contributed by atoms with van der Waals surface area (Å²) in [5, 5.41) is 36.6. The lowest BCUT2D eigenvalue weighted by Crippen LogP contribution is -2.65. The molecule has 51 heavy (non-hydrogen) atoms. The smallest absolute Gasteiger partial charge is 0.334 e. The first-order valence-corrected chi connectivity index (χ1v) is 19.5. The molecule has 8 atom stereocenters. The van der Waals surface area contributed by atoms with Crippen molar-refractivity contribution in [3.63, 3.8) is 0 Å². The van der Waals surface area contributed by atoms with Gasteiger partial charge in [-0.15, -0.1) is 0 Å². The summed E-state index contributed by atoms with van der Waals surface area (Å²) in [6, 6.07) is 0. The van der Waals surface area contributed by atoms with Gasteiger partial charge in [0.25, 0.3) is 0 Å². The number of esters is 2. The molecule has 4 aliphatic carbocycles. The predicted octanol–water partition coefficient (Wildman–Crippen LogP) is 7.81. The van der Waals surface area contributed by atoms with E-state index in [0.29, 0.717) is 16.7 Å². The van der Waals surface area contributed by atoms with E-state index in [9.17, 15) is 29.7 Å². The number of allylic oxidation sites excluding steroid dienone is 5. The highest BCUT2D eigenvalue weighted by molar-refractivity contribution is 6.04. The van der Waals surface area contributed by atoms with Gasteiger partial charge < -0.3 is 24.8 Å². The molecule has 0 heterocycles. The van der Waals surface area contributed by atoms with E-state index in [-0.39, 0.29) is 25.4 Å². The predicted molar refractivity (Wildman–Crippen MR) is 199 cm³/mol. The molecular weight excluding hydrogens is 644 g/mol. The quantitative estimate of drug-likeness (QED) is 0.0569. The van der Waals surface area contributed by atoms with E-state index in [1.165, 1.54) is 25.7 Å². The van der Waals surface area contributed by atoms with Crippen molar-refractivity contribution in [2.45, 2.75) is 155 Å². The lowest BCUT2D eigenvalue weighted by atomic mass is 9.59. The van der Waals surface area contributed by atoms with Gasteiger partial charge in [-0.1, -0.05) is 102 Å². The van der Waals surface area contributed by atoms with Gasteiger partial charge in [0.2, 0.25) is 0 Å². The normalized spacial score (nSPS) is 34.0. The van der Waals surface area contributed by atoms with Crippen LogP contribution in [0, 0.1) is 29.1 Å². The van der Waals surface area contributed by atoms with Crippen LogP contribution in [0.1, 0.15) is 132 Å². The molecular formula is C43H64O8. The first-order chi connectivity index (χ1) is 24.1. The van der Waals surface area contributed by atoms with E-state index in [1.54, 1.807) is 39.8 Å². The highest BCUT2D eigenvalue weighted by atomic mass is 16.6. The van der Waals surface area contributed by atoms with E-state index >= 15 is 0 Å². The van der Waals surface area contributed by atoms with Crippen LogP contribution in [-0.4, -0.2) is 62.6 Å². The second-order valence-electron chi connectivity index (χ2n) is 16.2. The lowest BCUT2D eigenvalue weighted by molar-refractivity contribution is -0.218. The summed E-state index contributed by atoms with van der Waals surface area (Å²) >= 11 is 0. The largest absolute Gasteiger partial charge is 0.461 e. The Morgan fingerprint density at radius 1 is 0.961 bits per heavy atom. The van der Waals surface area contributed by atoms with E-state index < -0.39 is 63.7 Å². The molecule has 0 bridgehead atoms. The Bertz CT molecular complexity index is 1430. The Balaban J connectivity index is 1.36. The number of ketones is 1. The molecule has 0 aromatic rings. The number of rotatable bonds is 18. The van der Waals surface area contributed by atoms with Crippen LogP contribution in [0.5, 0.6) is 0 Å². The first kappa shape index (κ1) is 41.0. The molecule has 0 amide bonds. The SMILES string of the molecule is CC=C(C)C(=O)OC12C(O)C(C)C3(O)C(C=C(COC(=O)CCCCCCCC=CCC=CCCCCC)CC4(O)C(=O)C(C)=CC43)C1C2(C)C. The van der Waals surface area contributed by atoms with E-state index in [2.05, 4.69) is 31.2 Å². The van der Waals surface area contributed by atoms with Crippen molar-refractivity contribution in [2.24, 2.45) is 29.1 Å². The van der Waals surface area contributed by atoms with Gasteiger partial charge in [-0.3, -0.25) is 9.59 Å². The fourth-order valence-corrected chi connectivity index (χ4v) is 9.34. The Labute approximate surface area is 306 Å². The highest BCUT2D eigenvalue weighted by Crippen LogP contribution is 2.76. The molecule has 2 saturated carbocycles. The third-order valence-corrected chi connectivity index (χ3v) is 12.6. The average molecular weight is 709 g/mol. The maximum Gasteiger partial charge on any atom is 0.334 e. The molecule has 3 N–H and O–H groups in total. The number of carbonyl (C=O) groups excluding carboxylic acids is 3. The number of fused-ring (bicyclic) bond motifs is 5. The minimum absolute atomic E-state index is 0.111. The van der Waals surface area contributed by atoms with Crippen LogP contribution in [0.15, 0.2) is 59.3 Å². The zero-order valence-corrected chi connectivity index (χ0v) is 32.2. The van der Waals surface area contributed by atoms with Crippen LogP contribution in [0.4, 0.5) is 0 Å². The van der Waals surface area contributed by atoms with E-state index in [4.69, 9.17) is 9.47 Å². The number of aliphatic hydroxyl groups is 3. The van der Waals surface area contributed by atoms with Crippen LogP contribution >= 0.6 is 0 Å². The van der Waals surface area contributed by atoms with Crippen LogP contribution < -0.4 is 0 Å². The zero-order valence-electron chi connectivity index (χ0n) is 32.2. The average Bonchev–Trinajstić information content (AvgIpc) is 3.53. The number of carbonyl (C=O) groups is 3. The highest BCUT2D eigenvalue weighted by Gasteiger charge is 2.86. The van der Waals surface area contributed by atoms with Crippen molar-refractivity contribution in [1.82, 2.24) is 0 Å². The van der Waals surface area contributed by atoms with Gasteiger partial charge in [0, 0.05) is 47.5 Å². The monoisotopic (exact) mass is 708 g/mol. The topological polar surface area (TPSA) is 130 Å². The molecule has 0 saturated heterocycles. The maximum absolute atomic E-state index is 13.5. The van der Waals surface area contributed by atoms with Crippen molar-refractivity contribution < 1.29 is 39.2 Å². The van der Waals surface area contributed by atoms with E-state index in [1.807, 2.05) is 19.9 Å². The van der Waals surface area contributed by atoms with Crippen molar-refractivity contribution in [1.29, 1.82) is 0 Å². The summed E-state index contributed by atoms with van der Waals surface area (Å²) in [5.41, 5.74) is -4.43. The van der Waals surface area contributed by atoms with Crippen molar-refractivity contribution in [3.8, 4) is 0 Å². The molecule has 8 nitrogen and oxygen atoms in total. The summed E-state index contributed by atoms with van der Waals surface area (Å²) in [6.45, 7) is 12.6. The minimum atomic E-state index is -1.96. The lowest BCUT2D eigenvalue weighted by Gasteiger charge is -2.52. The number of Topliss-reactive ketones (excluding diaryl/α,β-unsaturated/α-hetero) is 1. The number of ether oxygens (including phenoxy) is 2. The molecule has 0 radical (unpaired) electrons. The summed E-state index contributed by atoms with van der Waals surface area (Å²) in [6.07, 6.45) is 25.0. The summed E-state index contributed by atoms with van der Waals surface area (Å²) in [5.74, 6) is -4.45. The summed E-state index contributed by atoms with van der Waals surface area (Å²) < 4.78 is 11.9. The fourth-order valence-electron chi connectivity index (χ4n) is 9.34. The Kier molecular flexibility index (Phi) is 13.6. The Morgan fingerprint density at radius 3 is 2.24 bits per heavy atom. The van der Waals surface area contributed by atoms with Gasteiger partial charge in [0.15, 0.2) is 5.78 Å². The molecule has 0 spiro atoms. The standard InChI is InChI=1S/C43H64O8/c1-8-10-11-12-13-14-15-16-17-18-19-20-21-22-23-24-35(44)50-28-32-26-33-36-40(6,7)43(36,51-39(47)29(3)9-2)38(46)31(5)42(33,49)34-25-30(4)37(45)41(34,48)27-32/h9,13-14,16-17,25-26,31,33-34,36,38,46,48-49H,8,10-12,15,18-24,27-28H2,1-7H3. The molecule has 0 aliphatic heterocycles. The van der Waals surface area contributed by atoms with Crippen molar-refractivity contribution >= 4 is 17.7 Å². The number of aliphatic hydroxyl groups excluding tert-OH is 1. The second-order valence-corrected chi connectivity index (χ2v) is 16.2. The van der Waals surface area contributed by atoms with Crippen molar-refractivity contribution in [3.05, 3.63) is 59.3 Å². The van der Waals surface area contributed by atoms with Gasteiger partial charge in [0.05, 0.1) is 11.7 Å². The first-order valence-electron chi connectivity index (χ1n) is 19.5. The Hall–Kier alpha value is -2.81. The zero-order chi connectivity index (χ0) is 37.6. The fraction of sp³-hybridized carbons (Fsp3) is 0.698. The molecule has 0 aromatic heterocycles. The van der Waals surface area contributed by atoms with Crippen molar-refractivity contribution in [2.75, 3.05) is 6.61 Å². The third-order valence-electron chi connectivity index (χ3n) is 12.6. The van der Waals surface area contributed by atoms with Crippen LogP contribution in [0.2, 0.25) is 0 Å². The molecule has 4 aliphatic rings. The summed E-state index contributed by atoms with van der Waals surface area (Å²) in [7, 11) is 0. The molecule has 284 valence electrons. The number of hydrogen-bond donors (Lipinski definition) is 3. The molecule has 4 rings (SSSR count).